The predicted octanol–water partition coefficient (Wildman–Crippen LogP) is 6.53. The van der Waals surface area contributed by atoms with E-state index in [0.29, 0.717) is 29.3 Å². The molecule has 0 saturated heterocycles. The van der Waals surface area contributed by atoms with Gasteiger partial charge in [-0.25, -0.2) is 0 Å². The quantitative estimate of drug-likeness (QED) is 0.412. The average Bonchev–Trinajstić information content (AvgIpc) is 2.89. The Kier molecular flexibility index (Phi) is 8.13. The van der Waals surface area contributed by atoms with Gasteiger partial charge in [-0.3, -0.25) is 0 Å². The molecule has 0 radical (unpaired) electrons. The molecule has 0 aromatic rings. The Labute approximate surface area is 182 Å². The summed E-state index contributed by atoms with van der Waals surface area (Å²) in [7, 11) is -1.76. The van der Waals surface area contributed by atoms with Crippen molar-refractivity contribution in [2.45, 2.75) is 129 Å². The lowest BCUT2D eigenvalue weighted by atomic mass is 9.60. The average molecular weight is 427 g/mol. The molecule has 2 aliphatic rings. The minimum Gasteiger partial charge on any atom is -0.414 e. The maximum absolute atomic E-state index is 10.1. The van der Waals surface area contributed by atoms with Crippen LogP contribution in [-0.2, 0) is 4.43 Å². The molecular weight excluding hydrogens is 376 g/mol. The highest BCUT2D eigenvalue weighted by Crippen LogP contribution is 2.60. The molecule has 0 heterocycles. The Morgan fingerprint density at radius 1 is 1.07 bits per heavy atom. The maximum atomic E-state index is 10.1. The van der Waals surface area contributed by atoms with Crippen molar-refractivity contribution in [3.8, 4) is 0 Å². The molecule has 29 heavy (non-hydrogen) atoms. The first-order valence-corrected chi connectivity index (χ1v) is 15.1. The van der Waals surface area contributed by atoms with Gasteiger partial charge in [0.25, 0.3) is 0 Å². The highest BCUT2D eigenvalue weighted by molar-refractivity contribution is 6.74. The molecular formula is C25H50O3Si. The Morgan fingerprint density at radius 2 is 1.72 bits per heavy atom. The second-order valence-electron chi connectivity index (χ2n) is 12.6. The normalized spacial score (nSPS) is 32.3. The number of rotatable bonds is 9. The van der Waals surface area contributed by atoms with Crippen LogP contribution in [0.5, 0.6) is 0 Å². The maximum Gasteiger partial charge on any atom is 0.192 e. The van der Waals surface area contributed by atoms with Crippen LogP contribution in [0.15, 0.2) is 0 Å². The zero-order valence-electron chi connectivity index (χ0n) is 20.7. The van der Waals surface area contributed by atoms with Crippen LogP contribution < -0.4 is 0 Å². The lowest BCUT2D eigenvalue weighted by Crippen LogP contribution is -2.50. The fourth-order valence-electron chi connectivity index (χ4n) is 6.14. The molecule has 0 aromatic carbocycles. The molecule has 0 aliphatic heterocycles. The third-order valence-corrected chi connectivity index (χ3v) is 13.3. The summed E-state index contributed by atoms with van der Waals surface area (Å²) >= 11 is 0. The smallest absolute Gasteiger partial charge is 0.192 e. The summed E-state index contributed by atoms with van der Waals surface area (Å²) in [6.07, 6.45) is 10.7. The number of aliphatic hydroxyl groups is 2. The van der Waals surface area contributed by atoms with Gasteiger partial charge in [0.1, 0.15) is 0 Å². The summed E-state index contributed by atoms with van der Waals surface area (Å²) in [5.74, 6) is 1.93. The number of aliphatic hydroxyl groups excluding tert-OH is 1. The van der Waals surface area contributed by atoms with Crippen LogP contribution in [0.1, 0.15) is 99.3 Å². The van der Waals surface area contributed by atoms with Gasteiger partial charge in [-0.2, -0.15) is 0 Å². The van der Waals surface area contributed by atoms with Crippen molar-refractivity contribution in [3.05, 3.63) is 0 Å². The Morgan fingerprint density at radius 3 is 2.28 bits per heavy atom. The van der Waals surface area contributed by atoms with Crippen molar-refractivity contribution in [1.82, 2.24) is 0 Å². The molecule has 0 aromatic heterocycles. The number of hydrogen-bond acceptors (Lipinski definition) is 3. The van der Waals surface area contributed by atoms with Crippen LogP contribution in [0.2, 0.25) is 18.1 Å². The van der Waals surface area contributed by atoms with Crippen molar-refractivity contribution >= 4 is 8.32 Å². The largest absolute Gasteiger partial charge is 0.414 e. The fourth-order valence-corrected chi connectivity index (χ4v) is 7.53. The standard InChI is InChI=1S/C25H50O3Si/c1-23(2,3)29(7,8)28-22-12-10-17-25(6)20(13-14-21(22)25)19(15-18-26)11-9-16-24(4,5)27/h19-22,26-27H,9-18H2,1-8H3/t19-,20?,21?,22-,25+/m0/s1. The van der Waals surface area contributed by atoms with E-state index in [2.05, 4.69) is 40.8 Å². The van der Waals surface area contributed by atoms with Gasteiger partial charge in [0.2, 0.25) is 0 Å². The monoisotopic (exact) mass is 426 g/mol. The topological polar surface area (TPSA) is 49.7 Å². The molecule has 2 unspecified atom stereocenters. The number of fused-ring (bicyclic) bond motifs is 1. The van der Waals surface area contributed by atoms with Gasteiger partial charge in [-0.05, 0) is 100 Å². The molecule has 2 rings (SSSR count). The van der Waals surface area contributed by atoms with Crippen molar-refractivity contribution in [2.24, 2.45) is 23.2 Å². The Bertz CT molecular complexity index is 519. The Hall–Kier alpha value is 0.0969. The molecule has 0 amide bonds. The molecule has 0 spiro atoms. The Balaban J connectivity index is 2.12. The third-order valence-electron chi connectivity index (χ3n) is 8.82. The van der Waals surface area contributed by atoms with Gasteiger partial charge in [-0.15, -0.1) is 0 Å². The van der Waals surface area contributed by atoms with E-state index in [0.717, 1.165) is 25.7 Å². The zero-order valence-corrected chi connectivity index (χ0v) is 21.7. The molecule has 2 fully saturated rings. The molecule has 0 bridgehead atoms. The summed E-state index contributed by atoms with van der Waals surface area (Å²) in [5, 5.41) is 20.1. The van der Waals surface area contributed by atoms with Crippen molar-refractivity contribution in [2.75, 3.05) is 6.61 Å². The van der Waals surface area contributed by atoms with E-state index < -0.39 is 13.9 Å². The fraction of sp³-hybridized carbons (Fsp3) is 1.00. The van der Waals surface area contributed by atoms with E-state index in [1.165, 1.54) is 32.1 Å². The van der Waals surface area contributed by atoms with Crippen LogP contribution in [0.4, 0.5) is 0 Å². The van der Waals surface area contributed by atoms with E-state index in [4.69, 9.17) is 4.43 Å². The van der Waals surface area contributed by atoms with Crippen LogP contribution in [0.25, 0.3) is 0 Å². The van der Waals surface area contributed by atoms with Gasteiger partial charge < -0.3 is 14.6 Å². The van der Waals surface area contributed by atoms with Gasteiger partial charge in [0.05, 0.1) is 5.60 Å². The first-order valence-electron chi connectivity index (χ1n) is 12.2. The molecule has 4 heteroatoms. The zero-order chi connectivity index (χ0) is 22.1. The predicted molar refractivity (Wildman–Crippen MR) is 126 cm³/mol. The summed E-state index contributed by atoms with van der Waals surface area (Å²) in [4.78, 5) is 0. The summed E-state index contributed by atoms with van der Waals surface area (Å²) in [5.41, 5.74) is -0.237. The van der Waals surface area contributed by atoms with E-state index >= 15 is 0 Å². The molecule has 3 nitrogen and oxygen atoms in total. The first kappa shape index (κ1) is 25.4. The van der Waals surface area contributed by atoms with E-state index in [9.17, 15) is 10.2 Å². The van der Waals surface area contributed by atoms with Crippen molar-refractivity contribution in [1.29, 1.82) is 0 Å². The highest BCUT2D eigenvalue weighted by Gasteiger charge is 2.54. The molecule has 172 valence electrons. The van der Waals surface area contributed by atoms with E-state index in [-0.39, 0.29) is 11.6 Å². The molecule has 5 atom stereocenters. The summed E-state index contributed by atoms with van der Waals surface area (Å²) in [6.45, 7) is 18.5. The lowest BCUT2D eigenvalue weighted by Gasteiger charge is -2.50. The van der Waals surface area contributed by atoms with Crippen molar-refractivity contribution < 1.29 is 14.6 Å². The van der Waals surface area contributed by atoms with E-state index in [1.807, 2.05) is 13.8 Å². The van der Waals surface area contributed by atoms with Crippen LogP contribution in [0, 0.1) is 23.2 Å². The van der Waals surface area contributed by atoms with Gasteiger partial charge in [0.15, 0.2) is 8.32 Å². The minimum atomic E-state index is -1.76. The summed E-state index contributed by atoms with van der Waals surface area (Å²) in [6, 6.07) is 0. The first-order chi connectivity index (χ1) is 13.2. The molecule has 2 N–H and O–H groups in total. The molecule has 2 aliphatic carbocycles. The van der Waals surface area contributed by atoms with E-state index in [1.54, 1.807) is 0 Å². The van der Waals surface area contributed by atoms with Crippen LogP contribution in [0.3, 0.4) is 0 Å². The minimum absolute atomic E-state index is 0.259. The lowest BCUT2D eigenvalue weighted by molar-refractivity contribution is -0.0264. The third kappa shape index (κ3) is 6.08. The highest BCUT2D eigenvalue weighted by atomic mass is 28.4. The second-order valence-corrected chi connectivity index (χ2v) is 17.3. The van der Waals surface area contributed by atoms with Gasteiger partial charge in [0, 0.05) is 12.7 Å². The van der Waals surface area contributed by atoms with Gasteiger partial charge in [-0.1, -0.05) is 40.5 Å². The SMILES string of the molecule is CC(C)(O)CCC[C@@H](CCO)C1CCC2[C@@H](O[Si](C)(C)C(C)(C)C)CCC[C@]12C. The molecule has 2 saturated carbocycles. The van der Waals surface area contributed by atoms with Crippen LogP contribution in [-0.4, -0.2) is 36.8 Å². The number of hydrogen-bond donors (Lipinski definition) is 2. The van der Waals surface area contributed by atoms with Crippen molar-refractivity contribution in [3.63, 3.8) is 0 Å². The van der Waals surface area contributed by atoms with Crippen LogP contribution >= 0.6 is 0 Å². The van der Waals surface area contributed by atoms with Gasteiger partial charge >= 0.3 is 0 Å². The summed E-state index contributed by atoms with van der Waals surface area (Å²) < 4.78 is 6.99. The second kappa shape index (κ2) is 9.30.